The summed E-state index contributed by atoms with van der Waals surface area (Å²) >= 11 is 0. The first kappa shape index (κ1) is 15.4. The molecule has 1 aliphatic heterocycles. The van der Waals surface area contributed by atoms with E-state index in [1.807, 2.05) is 0 Å². The Kier molecular flexibility index (Phi) is 5.38. The van der Waals surface area contributed by atoms with E-state index in [1.165, 1.54) is 32.1 Å². The van der Waals surface area contributed by atoms with Crippen LogP contribution in [0.2, 0.25) is 0 Å². The molecular formula is C17H26N4O. The Labute approximate surface area is 132 Å². The van der Waals surface area contributed by atoms with Gasteiger partial charge < -0.3 is 10.6 Å². The van der Waals surface area contributed by atoms with Crippen molar-refractivity contribution in [3.63, 3.8) is 0 Å². The fourth-order valence-electron chi connectivity index (χ4n) is 3.51. The predicted octanol–water partition coefficient (Wildman–Crippen LogP) is 2.60. The second-order valence-corrected chi connectivity index (χ2v) is 6.53. The molecule has 2 aliphatic rings. The number of aromatic nitrogens is 2. The third-order valence-electron chi connectivity index (χ3n) is 4.87. The van der Waals surface area contributed by atoms with Gasteiger partial charge in [0.2, 0.25) is 0 Å². The van der Waals surface area contributed by atoms with E-state index in [4.69, 9.17) is 0 Å². The minimum absolute atomic E-state index is 0.0539. The van der Waals surface area contributed by atoms with Gasteiger partial charge >= 0.3 is 0 Å². The largest absolute Gasteiger partial charge is 0.352 e. The van der Waals surface area contributed by atoms with Gasteiger partial charge in [-0.15, -0.1) is 0 Å². The van der Waals surface area contributed by atoms with Crippen molar-refractivity contribution >= 4 is 5.91 Å². The van der Waals surface area contributed by atoms with Crippen molar-refractivity contribution < 1.29 is 4.79 Å². The van der Waals surface area contributed by atoms with Crippen molar-refractivity contribution in [1.29, 1.82) is 0 Å². The summed E-state index contributed by atoms with van der Waals surface area (Å²) in [6.45, 7) is 1.78. The van der Waals surface area contributed by atoms with Gasteiger partial charge in [-0.1, -0.05) is 32.1 Å². The average molecular weight is 302 g/mol. The summed E-state index contributed by atoms with van der Waals surface area (Å²) in [6, 6.07) is 0.253. The van der Waals surface area contributed by atoms with E-state index in [-0.39, 0.29) is 11.9 Å². The third-order valence-corrected chi connectivity index (χ3v) is 4.87. The Morgan fingerprint density at radius 3 is 2.59 bits per heavy atom. The minimum atomic E-state index is -0.0539. The van der Waals surface area contributed by atoms with Gasteiger partial charge in [0.05, 0.1) is 11.6 Å². The first-order valence-electron chi connectivity index (χ1n) is 8.66. The molecule has 3 rings (SSSR count). The molecule has 2 fully saturated rings. The van der Waals surface area contributed by atoms with Crippen molar-refractivity contribution in [2.75, 3.05) is 13.1 Å². The smallest absolute Gasteiger partial charge is 0.254 e. The number of nitrogens with one attached hydrogen (secondary N) is 2. The molecule has 2 heterocycles. The lowest BCUT2D eigenvalue weighted by molar-refractivity contribution is 0.0949. The highest BCUT2D eigenvalue weighted by Crippen LogP contribution is 2.25. The van der Waals surface area contributed by atoms with E-state index in [1.54, 1.807) is 12.4 Å². The second kappa shape index (κ2) is 7.68. The number of hydrogen-bond acceptors (Lipinski definition) is 4. The molecule has 0 bridgehead atoms. The molecule has 5 heteroatoms. The van der Waals surface area contributed by atoms with E-state index < -0.39 is 0 Å². The normalized spacial score (nSPS) is 22.6. The Balaban J connectivity index is 1.45. The van der Waals surface area contributed by atoms with E-state index in [9.17, 15) is 4.79 Å². The third kappa shape index (κ3) is 4.03. The zero-order chi connectivity index (χ0) is 15.2. The Hall–Kier alpha value is -1.49. The predicted molar refractivity (Wildman–Crippen MR) is 85.5 cm³/mol. The molecule has 1 saturated heterocycles. The van der Waals surface area contributed by atoms with Crippen LogP contribution in [0.5, 0.6) is 0 Å². The van der Waals surface area contributed by atoms with Gasteiger partial charge in [-0.25, -0.2) is 9.97 Å². The van der Waals surface area contributed by atoms with Crippen LogP contribution in [0.25, 0.3) is 0 Å². The molecule has 1 aliphatic carbocycles. The van der Waals surface area contributed by atoms with Crippen molar-refractivity contribution in [1.82, 2.24) is 20.6 Å². The molecule has 5 nitrogen and oxygen atoms in total. The van der Waals surface area contributed by atoms with Crippen molar-refractivity contribution in [3.8, 4) is 0 Å². The van der Waals surface area contributed by atoms with Gasteiger partial charge in [0.15, 0.2) is 0 Å². The molecule has 0 spiro atoms. The van der Waals surface area contributed by atoms with Crippen LogP contribution in [0.3, 0.4) is 0 Å². The summed E-state index contributed by atoms with van der Waals surface area (Å²) in [4.78, 5) is 20.8. The lowest BCUT2D eigenvalue weighted by Gasteiger charge is -2.21. The highest BCUT2D eigenvalue weighted by Gasteiger charge is 2.19. The van der Waals surface area contributed by atoms with E-state index >= 15 is 0 Å². The van der Waals surface area contributed by atoms with Gasteiger partial charge in [0.1, 0.15) is 5.82 Å². The Morgan fingerprint density at radius 1 is 1.14 bits per heavy atom. The molecule has 120 valence electrons. The number of rotatable bonds is 5. The van der Waals surface area contributed by atoms with Crippen LogP contribution < -0.4 is 10.6 Å². The number of carbonyl (C=O) groups excluding carboxylic acids is 1. The monoisotopic (exact) mass is 302 g/mol. The van der Waals surface area contributed by atoms with Crippen LogP contribution in [0.1, 0.15) is 73.6 Å². The summed E-state index contributed by atoms with van der Waals surface area (Å²) < 4.78 is 0. The molecule has 1 unspecified atom stereocenters. The summed E-state index contributed by atoms with van der Waals surface area (Å²) in [5.74, 6) is 1.54. The molecule has 0 aromatic carbocycles. The summed E-state index contributed by atoms with van der Waals surface area (Å²) in [7, 11) is 0. The molecule has 1 aromatic rings. The number of hydrogen-bond donors (Lipinski definition) is 2. The maximum absolute atomic E-state index is 12.1. The van der Waals surface area contributed by atoms with Crippen molar-refractivity contribution in [2.24, 2.45) is 5.92 Å². The van der Waals surface area contributed by atoms with E-state index in [2.05, 4.69) is 20.6 Å². The standard InChI is InChI=1S/C17H26N4O/c22-17(19-10-8-13-5-2-1-3-6-13)14-11-20-16(21-12-14)15-7-4-9-18-15/h11-13,15,18H,1-10H2,(H,19,22). The second-order valence-electron chi connectivity index (χ2n) is 6.53. The highest BCUT2D eigenvalue weighted by atomic mass is 16.1. The number of carbonyl (C=O) groups is 1. The van der Waals surface area contributed by atoms with Gasteiger partial charge in [0.25, 0.3) is 5.91 Å². The van der Waals surface area contributed by atoms with Crippen LogP contribution in [0, 0.1) is 5.92 Å². The summed E-state index contributed by atoms with van der Waals surface area (Å²) in [6.07, 6.45) is 13.4. The number of nitrogens with zero attached hydrogens (tertiary/aromatic N) is 2. The molecule has 1 saturated carbocycles. The zero-order valence-electron chi connectivity index (χ0n) is 13.2. The molecule has 22 heavy (non-hydrogen) atoms. The van der Waals surface area contributed by atoms with Crippen molar-refractivity contribution in [3.05, 3.63) is 23.8 Å². The van der Waals surface area contributed by atoms with Crippen LogP contribution >= 0.6 is 0 Å². The summed E-state index contributed by atoms with van der Waals surface area (Å²) in [5, 5.41) is 6.37. The van der Waals surface area contributed by atoms with E-state index in [0.29, 0.717) is 5.56 Å². The lowest BCUT2D eigenvalue weighted by atomic mass is 9.87. The maximum atomic E-state index is 12.1. The maximum Gasteiger partial charge on any atom is 0.254 e. The highest BCUT2D eigenvalue weighted by molar-refractivity contribution is 5.93. The quantitative estimate of drug-likeness (QED) is 0.877. The number of amides is 1. The van der Waals surface area contributed by atoms with Crippen molar-refractivity contribution in [2.45, 2.75) is 57.4 Å². The first-order valence-corrected chi connectivity index (χ1v) is 8.66. The van der Waals surface area contributed by atoms with Crippen LogP contribution in [0.15, 0.2) is 12.4 Å². The zero-order valence-corrected chi connectivity index (χ0v) is 13.2. The molecule has 1 amide bonds. The SMILES string of the molecule is O=C(NCCC1CCCCC1)c1cnc(C2CCCN2)nc1. The molecule has 0 radical (unpaired) electrons. The van der Waals surface area contributed by atoms with Gasteiger partial charge in [-0.3, -0.25) is 4.79 Å². The van der Waals surface area contributed by atoms with E-state index in [0.717, 1.165) is 44.1 Å². The van der Waals surface area contributed by atoms with Gasteiger partial charge in [-0.2, -0.15) is 0 Å². The van der Waals surface area contributed by atoms with Crippen LogP contribution in [-0.4, -0.2) is 29.0 Å². The molecular weight excluding hydrogens is 276 g/mol. The van der Waals surface area contributed by atoms with Gasteiger partial charge in [0, 0.05) is 18.9 Å². The van der Waals surface area contributed by atoms with Gasteiger partial charge in [-0.05, 0) is 31.7 Å². The minimum Gasteiger partial charge on any atom is -0.352 e. The first-order chi connectivity index (χ1) is 10.8. The lowest BCUT2D eigenvalue weighted by Crippen LogP contribution is -2.27. The molecule has 1 atom stereocenters. The molecule has 1 aromatic heterocycles. The summed E-state index contributed by atoms with van der Waals surface area (Å²) in [5.41, 5.74) is 0.561. The fourth-order valence-corrected chi connectivity index (χ4v) is 3.51. The molecule has 2 N–H and O–H groups in total. The Morgan fingerprint density at radius 2 is 1.91 bits per heavy atom. The average Bonchev–Trinajstić information content (AvgIpc) is 3.10. The van der Waals surface area contributed by atoms with Crippen LogP contribution in [-0.2, 0) is 0 Å². The topological polar surface area (TPSA) is 66.9 Å². The van der Waals surface area contributed by atoms with Crippen LogP contribution in [0.4, 0.5) is 0 Å². The Bertz CT molecular complexity index is 476. The fraction of sp³-hybridized carbons (Fsp3) is 0.706.